The summed E-state index contributed by atoms with van der Waals surface area (Å²) in [4.78, 5) is 31.9. The number of furan rings is 1. The molecule has 0 bridgehead atoms. The van der Waals surface area contributed by atoms with Crippen molar-refractivity contribution in [2.75, 3.05) is 12.3 Å². The Balaban J connectivity index is 1.82. The minimum Gasteiger partial charge on any atom is -0.467 e. The molecule has 0 saturated carbocycles. The van der Waals surface area contributed by atoms with Crippen LogP contribution in [0.4, 0.5) is 0 Å². The molecular formula is C21H22N4O3S. The number of carbonyl (C=O) groups is 1. The first-order valence-electron chi connectivity index (χ1n) is 9.32. The van der Waals surface area contributed by atoms with Gasteiger partial charge in [-0.3, -0.25) is 14.2 Å². The van der Waals surface area contributed by atoms with E-state index in [1.807, 2.05) is 26.0 Å². The van der Waals surface area contributed by atoms with E-state index in [0.717, 1.165) is 0 Å². The number of nitriles is 1. The molecule has 0 fully saturated rings. The molecule has 3 rings (SSSR count). The lowest BCUT2D eigenvalue weighted by Crippen LogP contribution is -2.33. The zero-order valence-corrected chi connectivity index (χ0v) is 17.2. The predicted octanol–water partition coefficient (Wildman–Crippen LogP) is 3.60. The van der Waals surface area contributed by atoms with Crippen LogP contribution in [0.15, 0.2) is 57.0 Å². The second-order valence-corrected chi connectivity index (χ2v) is 7.71. The number of hydrogen-bond acceptors (Lipinski definition) is 6. The molecule has 0 spiro atoms. The summed E-state index contributed by atoms with van der Waals surface area (Å²) in [7, 11) is 0. The van der Waals surface area contributed by atoms with Crippen molar-refractivity contribution in [2.45, 2.75) is 38.0 Å². The molecule has 0 aliphatic rings. The van der Waals surface area contributed by atoms with Crippen molar-refractivity contribution in [3.63, 3.8) is 0 Å². The molecule has 0 atom stereocenters. The average molecular weight is 410 g/mol. The van der Waals surface area contributed by atoms with Gasteiger partial charge in [0.15, 0.2) is 5.16 Å². The van der Waals surface area contributed by atoms with Gasteiger partial charge < -0.3 is 9.32 Å². The monoisotopic (exact) mass is 410 g/mol. The number of rotatable bonds is 8. The number of hydrogen-bond donors (Lipinski definition) is 0. The molecule has 3 aromatic rings. The van der Waals surface area contributed by atoms with E-state index in [9.17, 15) is 9.59 Å². The van der Waals surface area contributed by atoms with Gasteiger partial charge in [-0.1, -0.05) is 23.9 Å². The highest BCUT2D eigenvalue weighted by atomic mass is 32.2. The van der Waals surface area contributed by atoms with E-state index >= 15 is 0 Å². The Morgan fingerprint density at radius 2 is 2.10 bits per heavy atom. The summed E-state index contributed by atoms with van der Waals surface area (Å²) in [5.74, 6) is 0.632. The first-order chi connectivity index (χ1) is 14.0. The third-order valence-electron chi connectivity index (χ3n) is 4.39. The Hall–Kier alpha value is -3.05. The van der Waals surface area contributed by atoms with Gasteiger partial charge >= 0.3 is 0 Å². The second-order valence-electron chi connectivity index (χ2n) is 6.77. The molecule has 29 heavy (non-hydrogen) atoms. The van der Waals surface area contributed by atoms with Crippen LogP contribution in [0.2, 0.25) is 0 Å². The van der Waals surface area contributed by atoms with E-state index < -0.39 is 0 Å². The van der Waals surface area contributed by atoms with Gasteiger partial charge in [0.1, 0.15) is 5.76 Å². The van der Waals surface area contributed by atoms with Crippen molar-refractivity contribution in [3.05, 3.63) is 58.8 Å². The minimum atomic E-state index is -0.139. The highest BCUT2D eigenvalue weighted by Crippen LogP contribution is 2.21. The Bertz CT molecular complexity index is 1080. The lowest BCUT2D eigenvalue weighted by Gasteiger charge is -2.21. The first-order valence-corrected chi connectivity index (χ1v) is 10.3. The molecule has 0 aliphatic heterocycles. The van der Waals surface area contributed by atoms with E-state index in [1.54, 1.807) is 40.0 Å². The van der Waals surface area contributed by atoms with E-state index in [2.05, 4.69) is 11.1 Å². The van der Waals surface area contributed by atoms with Gasteiger partial charge in [-0.15, -0.1) is 0 Å². The molecule has 1 aromatic carbocycles. The van der Waals surface area contributed by atoms with Crippen LogP contribution in [0, 0.1) is 11.3 Å². The molecule has 1 amide bonds. The van der Waals surface area contributed by atoms with Gasteiger partial charge in [-0.05, 0) is 38.1 Å². The van der Waals surface area contributed by atoms with Crippen LogP contribution in [0.1, 0.15) is 32.1 Å². The number of thioether (sulfide) groups is 1. The molecule has 0 unspecified atom stereocenters. The van der Waals surface area contributed by atoms with Crippen molar-refractivity contribution in [2.24, 2.45) is 0 Å². The maximum Gasteiger partial charge on any atom is 0.262 e. The van der Waals surface area contributed by atoms with Crippen molar-refractivity contribution in [1.82, 2.24) is 14.5 Å². The minimum absolute atomic E-state index is 0.0879. The quantitative estimate of drug-likeness (QED) is 0.416. The number of para-hydroxylation sites is 1. The maximum absolute atomic E-state index is 12.9. The Kier molecular flexibility index (Phi) is 6.73. The number of benzene rings is 1. The van der Waals surface area contributed by atoms with Crippen molar-refractivity contribution >= 4 is 28.6 Å². The fraction of sp³-hybridized carbons (Fsp3) is 0.333. The van der Waals surface area contributed by atoms with Crippen molar-refractivity contribution < 1.29 is 9.21 Å². The average Bonchev–Trinajstić information content (AvgIpc) is 3.22. The fourth-order valence-corrected chi connectivity index (χ4v) is 4.00. The van der Waals surface area contributed by atoms with Crippen LogP contribution in [0.3, 0.4) is 0 Å². The van der Waals surface area contributed by atoms with E-state index in [0.29, 0.717) is 34.9 Å². The molecule has 150 valence electrons. The number of fused-ring (bicyclic) bond motifs is 1. The Morgan fingerprint density at radius 1 is 1.31 bits per heavy atom. The topological polar surface area (TPSA) is 92.1 Å². The third-order valence-corrected chi connectivity index (χ3v) is 5.33. The van der Waals surface area contributed by atoms with Gasteiger partial charge in [0.2, 0.25) is 5.91 Å². The summed E-state index contributed by atoms with van der Waals surface area (Å²) >= 11 is 1.23. The summed E-state index contributed by atoms with van der Waals surface area (Å²) in [6.45, 7) is 4.45. The Labute approximate surface area is 172 Å². The van der Waals surface area contributed by atoms with Crippen LogP contribution in [0.5, 0.6) is 0 Å². The lowest BCUT2D eigenvalue weighted by atomic mass is 10.2. The smallest absolute Gasteiger partial charge is 0.262 e. The normalized spacial score (nSPS) is 11.0. The number of carbonyl (C=O) groups excluding carboxylic acids is 1. The zero-order chi connectivity index (χ0) is 20.8. The third kappa shape index (κ3) is 4.87. The maximum atomic E-state index is 12.9. The zero-order valence-electron chi connectivity index (χ0n) is 16.4. The summed E-state index contributed by atoms with van der Waals surface area (Å²) in [5, 5.41) is 9.96. The summed E-state index contributed by atoms with van der Waals surface area (Å²) in [6.07, 6.45) is 1.79. The summed E-state index contributed by atoms with van der Waals surface area (Å²) in [5.41, 5.74) is 0.499. The molecule has 0 saturated heterocycles. The van der Waals surface area contributed by atoms with Crippen LogP contribution in [-0.4, -0.2) is 32.7 Å². The standard InChI is InChI=1S/C21H22N4O3S/c1-15(2)25-20(27)17-8-3-4-9-18(17)23-21(25)29-14-19(26)24(11-6-10-22)13-16-7-5-12-28-16/h3-5,7-9,12,15H,6,11,13-14H2,1-2H3. The highest BCUT2D eigenvalue weighted by molar-refractivity contribution is 7.99. The SMILES string of the molecule is CC(C)n1c(SCC(=O)N(CCC#N)Cc2ccco2)nc2ccccc2c1=O. The molecule has 2 aromatic heterocycles. The summed E-state index contributed by atoms with van der Waals surface area (Å²) < 4.78 is 6.95. The molecule has 7 nitrogen and oxygen atoms in total. The molecule has 0 aliphatic carbocycles. The molecule has 2 heterocycles. The van der Waals surface area contributed by atoms with E-state index in [4.69, 9.17) is 9.68 Å². The fourth-order valence-electron chi connectivity index (χ4n) is 2.97. The lowest BCUT2D eigenvalue weighted by molar-refractivity contribution is -0.129. The van der Waals surface area contributed by atoms with Crippen LogP contribution >= 0.6 is 11.8 Å². The predicted molar refractivity (Wildman–Crippen MR) is 111 cm³/mol. The number of aromatic nitrogens is 2. The molecular weight excluding hydrogens is 388 g/mol. The second kappa shape index (κ2) is 9.43. The van der Waals surface area contributed by atoms with Crippen LogP contribution in [-0.2, 0) is 11.3 Å². The Morgan fingerprint density at radius 3 is 2.79 bits per heavy atom. The van der Waals surface area contributed by atoms with Crippen molar-refractivity contribution in [1.29, 1.82) is 5.26 Å². The van der Waals surface area contributed by atoms with Crippen molar-refractivity contribution in [3.8, 4) is 6.07 Å². The molecule has 0 radical (unpaired) electrons. The number of amides is 1. The van der Waals surface area contributed by atoms with Crippen LogP contribution in [0.25, 0.3) is 10.9 Å². The number of nitrogens with zero attached hydrogens (tertiary/aromatic N) is 4. The van der Waals surface area contributed by atoms with Gasteiger partial charge in [0.05, 0.1) is 42.0 Å². The van der Waals surface area contributed by atoms with Gasteiger partial charge in [0, 0.05) is 12.6 Å². The molecule has 0 N–H and O–H groups in total. The largest absolute Gasteiger partial charge is 0.467 e. The highest BCUT2D eigenvalue weighted by Gasteiger charge is 2.19. The first kappa shape index (κ1) is 20.7. The van der Waals surface area contributed by atoms with E-state index in [1.165, 1.54) is 11.8 Å². The van der Waals surface area contributed by atoms with Crippen LogP contribution < -0.4 is 5.56 Å². The summed E-state index contributed by atoms with van der Waals surface area (Å²) in [6, 6.07) is 12.7. The molecule has 8 heteroatoms. The van der Waals surface area contributed by atoms with E-state index in [-0.39, 0.29) is 29.7 Å². The van der Waals surface area contributed by atoms with Gasteiger partial charge in [-0.2, -0.15) is 5.26 Å². The van der Waals surface area contributed by atoms with Gasteiger partial charge in [0.25, 0.3) is 5.56 Å². The van der Waals surface area contributed by atoms with Gasteiger partial charge in [-0.25, -0.2) is 4.98 Å².